The van der Waals surface area contributed by atoms with Crippen LogP contribution >= 0.6 is 0 Å². The zero-order valence-electron chi connectivity index (χ0n) is 15.0. The lowest BCUT2D eigenvalue weighted by atomic mass is 10.0. The molecule has 0 radical (unpaired) electrons. The maximum absolute atomic E-state index is 4.79. The highest BCUT2D eigenvalue weighted by molar-refractivity contribution is 5.86. The number of fused-ring (bicyclic) bond motifs is 1. The third-order valence-corrected chi connectivity index (χ3v) is 3.71. The Balaban J connectivity index is 0.00000127. The molecule has 120 valence electrons. The van der Waals surface area contributed by atoms with Crippen LogP contribution in [-0.4, -0.2) is 4.98 Å². The number of pyridine rings is 1. The van der Waals surface area contributed by atoms with Gasteiger partial charge in [-0.15, -0.1) is 0 Å². The van der Waals surface area contributed by atoms with E-state index in [9.17, 15) is 0 Å². The second kappa shape index (κ2) is 8.89. The van der Waals surface area contributed by atoms with Crippen molar-refractivity contribution >= 4 is 17.0 Å². The molecule has 0 amide bonds. The summed E-state index contributed by atoms with van der Waals surface area (Å²) in [6, 6.07) is 6.42. The van der Waals surface area contributed by atoms with Crippen molar-refractivity contribution in [1.29, 1.82) is 0 Å². The highest BCUT2D eigenvalue weighted by Crippen LogP contribution is 2.24. The second-order valence-corrected chi connectivity index (χ2v) is 5.21. The number of aromatic nitrogens is 1. The molecule has 0 saturated carbocycles. The van der Waals surface area contributed by atoms with E-state index < -0.39 is 0 Å². The first-order valence-electron chi connectivity index (χ1n) is 8.07. The van der Waals surface area contributed by atoms with Gasteiger partial charge in [-0.2, -0.15) is 0 Å². The van der Waals surface area contributed by atoms with E-state index in [0.29, 0.717) is 0 Å². The van der Waals surface area contributed by atoms with Crippen molar-refractivity contribution in [3.8, 4) is 0 Å². The minimum atomic E-state index is 0.951. The van der Waals surface area contributed by atoms with Crippen LogP contribution in [0.5, 0.6) is 0 Å². The maximum atomic E-state index is 4.79. The average Bonchev–Trinajstić information content (AvgIpc) is 2.58. The molecule has 23 heavy (non-hydrogen) atoms. The average molecular weight is 305 g/mol. The molecule has 0 aliphatic carbocycles. The fourth-order valence-electron chi connectivity index (χ4n) is 2.38. The van der Waals surface area contributed by atoms with Gasteiger partial charge in [-0.3, -0.25) is 0 Å². The van der Waals surface area contributed by atoms with Crippen LogP contribution in [0.15, 0.2) is 61.2 Å². The number of benzene rings is 1. The minimum Gasteiger partial charge on any atom is -0.248 e. The molecule has 1 aromatic carbocycles. The minimum absolute atomic E-state index is 0.951. The third kappa shape index (κ3) is 4.53. The van der Waals surface area contributed by atoms with Gasteiger partial charge in [-0.05, 0) is 55.2 Å². The van der Waals surface area contributed by atoms with Gasteiger partial charge in [0.15, 0.2) is 0 Å². The molecule has 0 spiro atoms. The van der Waals surface area contributed by atoms with Crippen LogP contribution in [0, 0.1) is 20.8 Å². The Morgan fingerprint density at radius 2 is 1.74 bits per heavy atom. The number of nitrogens with zero attached hydrogens (tertiary/aromatic N) is 1. The predicted molar refractivity (Wildman–Crippen MR) is 105 cm³/mol. The molecule has 0 fully saturated rings. The van der Waals surface area contributed by atoms with Gasteiger partial charge in [0.25, 0.3) is 0 Å². The highest BCUT2D eigenvalue weighted by atomic mass is 14.7. The van der Waals surface area contributed by atoms with Gasteiger partial charge in [-0.25, -0.2) is 4.98 Å². The number of hydrogen-bond acceptors (Lipinski definition) is 1. The summed E-state index contributed by atoms with van der Waals surface area (Å²) in [6.45, 7) is 17.9. The topological polar surface area (TPSA) is 12.9 Å². The van der Waals surface area contributed by atoms with E-state index in [4.69, 9.17) is 4.98 Å². The van der Waals surface area contributed by atoms with Gasteiger partial charge in [-0.1, -0.05) is 63.4 Å². The smallest absolute Gasteiger partial charge is 0.0743 e. The van der Waals surface area contributed by atoms with Crippen LogP contribution in [0.4, 0.5) is 0 Å². The Hall–Kier alpha value is -2.41. The lowest BCUT2D eigenvalue weighted by Crippen LogP contribution is -1.92. The van der Waals surface area contributed by atoms with Gasteiger partial charge >= 0.3 is 0 Å². The number of hydrogen-bond donors (Lipinski definition) is 0. The first-order valence-corrected chi connectivity index (χ1v) is 8.07. The summed E-state index contributed by atoms with van der Waals surface area (Å²) >= 11 is 0. The Bertz CT molecular complexity index is 761. The molecule has 1 nitrogen and oxygen atoms in total. The first-order chi connectivity index (χ1) is 11.1. The standard InChI is InChI=1S/C20H21N.C2H6/c1-6-8-17(7-2)9-10-18-11-12-19-15(4)13-14(3)16(5)20(19)21-18;1-2/h6-13H,1-2H2,3-5H3;1-2H3/b10-9+,17-8+;. The molecule has 0 saturated heterocycles. The predicted octanol–water partition coefficient (Wildman–Crippen LogP) is 6.50. The monoisotopic (exact) mass is 305 g/mol. The van der Waals surface area contributed by atoms with Crippen LogP contribution < -0.4 is 0 Å². The molecule has 1 heteroatoms. The van der Waals surface area contributed by atoms with Gasteiger partial charge < -0.3 is 0 Å². The normalized spacial score (nSPS) is 11.3. The molecule has 0 aliphatic rings. The second-order valence-electron chi connectivity index (χ2n) is 5.21. The zero-order chi connectivity index (χ0) is 17.4. The molecule has 2 rings (SSSR count). The Morgan fingerprint density at radius 1 is 1.04 bits per heavy atom. The molecule has 2 aromatic rings. The molecule has 1 aromatic heterocycles. The molecular weight excluding hydrogens is 278 g/mol. The van der Waals surface area contributed by atoms with E-state index in [1.54, 1.807) is 12.2 Å². The summed E-state index contributed by atoms with van der Waals surface area (Å²) in [5.74, 6) is 0. The molecule has 0 N–H and O–H groups in total. The lowest BCUT2D eigenvalue weighted by Gasteiger charge is -2.09. The molecule has 0 unspecified atom stereocenters. The summed E-state index contributed by atoms with van der Waals surface area (Å²) in [5, 5.41) is 1.22. The Kier molecular flexibility index (Phi) is 7.21. The number of aryl methyl sites for hydroxylation is 3. The molecule has 0 atom stereocenters. The van der Waals surface area contributed by atoms with Crippen molar-refractivity contribution in [2.45, 2.75) is 34.6 Å². The molecule has 1 heterocycles. The van der Waals surface area contributed by atoms with Crippen molar-refractivity contribution in [3.05, 3.63) is 83.6 Å². The quantitative estimate of drug-likeness (QED) is 0.588. The van der Waals surface area contributed by atoms with E-state index in [0.717, 1.165) is 16.8 Å². The molecular formula is C22H27N. The summed E-state index contributed by atoms with van der Waals surface area (Å²) in [4.78, 5) is 4.79. The van der Waals surface area contributed by atoms with Crippen molar-refractivity contribution < 1.29 is 0 Å². The van der Waals surface area contributed by atoms with Crippen molar-refractivity contribution in [1.82, 2.24) is 4.98 Å². The van der Waals surface area contributed by atoms with Crippen molar-refractivity contribution in [3.63, 3.8) is 0 Å². The van der Waals surface area contributed by atoms with Crippen LogP contribution in [0.1, 0.15) is 36.2 Å². The SMILES string of the molecule is C=C/C=C(C=C)/C=C/c1ccc2c(C)cc(C)c(C)c2n1.CC. The van der Waals surface area contributed by atoms with Crippen LogP contribution in [0.3, 0.4) is 0 Å². The summed E-state index contributed by atoms with van der Waals surface area (Å²) < 4.78 is 0. The number of rotatable bonds is 4. The van der Waals surface area contributed by atoms with Crippen molar-refractivity contribution in [2.24, 2.45) is 0 Å². The zero-order valence-corrected chi connectivity index (χ0v) is 15.0. The fraction of sp³-hybridized carbons (Fsp3) is 0.227. The van der Waals surface area contributed by atoms with E-state index in [-0.39, 0.29) is 0 Å². The Labute approximate surface area is 140 Å². The summed E-state index contributed by atoms with van der Waals surface area (Å²) in [5.41, 5.74) is 6.86. The van der Waals surface area contributed by atoms with Crippen LogP contribution in [0.25, 0.3) is 17.0 Å². The largest absolute Gasteiger partial charge is 0.248 e. The molecule has 0 aliphatic heterocycles. The van der Waals surface area contributed by atoms with Gasteiger partial charge in [0.2, 0.25) is 0 Å². The summed E-state index contributed by atoms with van der Waals surface area (Å²) in [6.07, 6.45) is 9.49. The lowest BCUT2D eigenvalue weighted by molar-refractivity contribution is 1.28. The summed E-state index contributed by atoms with van der Waals surface area (Å²) in [7, 11) is 0. The highest BCUT2D eigenvalue weighted by Gasteiger charge is 2.05. The molecule has 0 bridgehead atoms. The van der Waals surface area contributed by atoms with E-state index in [2.05, 4.69) is 52.1 Å². The van der Waals surface area contributed by atoms with Gasteiger partial charge in [0, 0.05) is 5.39 Å². The van der Waals surface area contributed by atoms with E-state index >= 15 is 0 Å². The van der Waals surface area contributed by atoms with Gasteiger partial charge in [0.1, 0.15) is 0 Å². The third-order valence-electron chi connectivity index (χ3n) is 3.71. The van der Waals surface area contributed by atoms with E-state index in [1.165, 1.54) is 22.1 Å². The van der Waals surface area contributed by atoms with Crippen molar-refractivity contribution in [2.75, 3.05) is 0 Å². The number of allylic oxidation sites excluding steroid dienone is 5. The fourth-order valence-corrected chi connectivity index (χ4v) is 2.38. The maximum Gasteiger partial charge on any atom is 0.0743 e. The van der Waals surface area contributed by atoms with Crippen LogP contribution in [0.2, 0.25) is 0 Å². The van der Waals surface area contributed by atoms with E-state index in [1.807, 2.05) is 32.1 Å². The van der Waals surface area contributed by atoms with Gasteiger partial charge in [0.05, 0.1) is 11.2 Å². The van der Waals surface area contributed by atoms with Crippen LogP contribution in [-0.2, 0) is 0 Å². The Morgan fingerprint density at radius 3 is 2.35 bits per heavy atom. The first kappa shape index (κ1) is 18.6.